The molecule has 0 spiro atoms. The van der Waals surface area contributed by atoms with Gasteiger partial charge in [-0.05, 0) is 61.9 Å². The van der Waals surface area contributed by atoms with Gasteiger partial charge in [-0.2, -0.15) is 5.10 Å². The van der Waals surface area contributed by atoms with Gasteiger partial charge in [0.05, 0.1) is 13.5 Å². The Balaban J connectivity index is 1.77. The van der Waals surface area contributed by atoms with Crippen molar-refractivity contribution in [3.8, 4) is 11.5 Å². The molecule has 0 saturated heterocycles. The Labute approximate surface area is 172 Å². The predicted octanol–water partition coefficient (Wildman–Crippen LogP) is 3.67. The third-order valence-corrected chi connectivity index (χ3v) is 4.15. The van der Waals surface area contributed by atoms with Crippen LogP contribution < -0.4 is 20.2 Å². The molecule has 2 rings (SSSR count). The summed E-state index contributed by atoms with van der Waals surface area (Å²) in [5, 5.41) is 6.68. The summed E-state index contributed by atoms with van der Waals surface area (Å²) in [6.07, 6.45) is 0.0546. The molecule has 0 radical (unpaired) electrons. The number of nitrogens with one attached hydrogen (secondary N) is 2. The number of hydrogen-bond donors (Lipinski definition) is 2. The quantitative estimate of drug-likeness (QED) is 0.477. The van der Waals surface area contributed by atoms with Crippen molar-refractivity contribution in [2.45, 2.75) is 20.3 Å². The van der Waals surface area contributed by atoms with Crippen molar-refractivity contribution in [1.82, 2.24) is 5.43 Å². The summed E-state index contributed by atoms with van der Waals surface area (Å²) in [6, 6.07) is 12.5. The molecular formula is C20H22BrN3O4. The van der Waals surface area contributed by atoms with E-state index in [1.165, 1.54) is 0 Å². The van der Waals surface area contributed by atoms with Gasteiger partial charge in [-0.3, -0.25) is 9.59 Å². The summed E-state index contributed by atoms with van der Waals surface area (Å²) in [6.45, 7) is 3.38. The Morgan fingerprint density at radius 3 is 2.46 bits per heavy atom. The highest BCUT2D eigenvalue weighted by atomic mass is 79.9. The first-order chi connectivity index (χ1) is 13.4. The van der Waals surface area contributed by atoms with Gasteiger partial charge >= 0.3 is 0 Å². The normalized spacial score (nSPS) is 10.9. The van der Waals surface area contributed by atoms with Crippen LogP contribution in [0.15, 0.2) is 52.0 Å². The first kappa shape index (κ1) is 21.4. The zero-order valence-electron chi connectivity index (χ0n) is 15.9. The van der Waals surface area contributed by atoms with Crippen LogP contribution in [0.25, 0.3) is 0 Å². The second-order valence-electron chi connectivity index (χ2n) is 6.03. The monoisotopic (exact) mass is 447 g/mol. The van der Waals surface area contributed by atoms with Crippen LogP contribution in [0.4, 0.5) is 5.69 Å². The van der Waals surface area contributed by atoms with Gasteiger partial charge in [0.1, 0.15) is 11.5 Å². The number of ether oxygens (including phenoxy) is 2. The smallest absolute Gasteiger partial charge is 0.277 e. The first-order valence-corrected chi connectivity index (χ1v) is 9.31. The topological polar surface area (TPSA) is 89.0 Å². The molecular weight excluding hydrogens is 426 g/mol. The number of anilines is 1. The average Bonchev–Trinajstić information content (AvgIpc) is 2.66. The van der Waals surface area contributed by atoms with Crippen molar-refractivity contribution in [2.24, 2.45) is 5.10 Å². The number of amides is 2. The van der Waals surface area contributed by atoms with Crippen molar-refractivity contribution in [3.63, 3.8) is 0 Å². The van der Waals surface area contributed by atoms with Crippen LogP contribution in [0.3, 0.4) is 0 Å². The third kappa shape index (κ3) is 7.03. The first-order valence-electron chi connectivity index (χ1n) is 8.52. The van der Waals surface area contributed by atoms with E-state index in [0.717, 1.165) is 10.0 Å². The summed E-state index contributed by atoms with van der Waals surface area (Å²) in [5.41, 5.74) is 4.43. The fraction of sp³-hybridized carbons (Fsp3) is 0.250. The van der Waals surface area contributed by atoms with E-state index in [9.17, 15) is 9.59 Å². The van der Waals surface area contributed by atoms with Crippen molar-refractivity contribution < 1.29 is 19.1 Å². The Kier molecular flexibility index (Phi) is 8.01. The van der Waals surface area contributed by atoms with Gasteiger partial charge in [-0.1, -0.05) is 15.9 Å². The van der Waals surface area contributed by atoms with Gasteiger partial charge in [-0.15, -0.1) is 0 Å². The molecule has 0 heterocycles. The maximum Gasteiger partial charge on any atom is 0.277 e. The number of nitrogens with zero attached hydrogens (tertiary/aromatic N) is 1. The standard InChI is InChI=1S/C20H22BrN3O4/c1-13-10-15(21)4-9-18(13)28-12-20(26)24-23-14(2)11-19(25)22-16-5-7-17(27-3)8-6-16/h4-10H,11-12H2,1-3H3,(H,22,25)(H,24,26). The molecule has 7 nitrogen and oxygen atoms in total. The Morgan fingerprint density at radius 2 is 1.82 bits per heavy atom. The molecule has 0 bridgehead atoms. The number of rotatable bonds is 8. The fourth-order valence-electron chi connectivity index (χ4n) is 2.26. The number of aryl methyl sites for hydroxylation is 1. The SMILES string of the molecule is COc1ccc(NC(=O)CC(C)=NNC(=O)COc2ccc(Br)cc2C)cc1. The van der Waals surface area contributed by atoms with Gasteiger partial charge in [-0.25, -0.2) is 5.43 Å². The largest absolute Gasteiger partial charge is 0.497 e. The van der Waals surface area contributed by atoms with Gasteiger partial charge < -0.3 is 14.8 Å². The molecule has 2 N–H and O–H groups in total. The summed E-state index contributed by atoms with van der Waals surface area (Å²) >= 11 is 3.37. The summed E-state index contributed by atoms with van der Waals surface area (Å²) in [7, 11) is 1.58. The minimum absolute atomic E-state index is 0.0546. The number of hydrogen-bond acceptors (Lipinski definition) is 5. The number of carbonyl (C=O) groups is 2. The van der Waals surface area contributed by atoms with E-state index >= 15 is 0 Å². The minimum Gasteiger partial charge on any atom is -0.497 e. The lowest BCUT2D eigenvalue weighted by Crippen LogP contribution is -2.26. The summed E-state index contributed by atoms with van der Waals surface area (Å²) in [4.78, 5) is 23.9. The van der Waals surface area contributed by atoms with Crippen molar-refractivity contribution in [3.05, 3.63) is 52.5 Å². The average molecular weight is 448 g/mol. The molecule has 0 aliphatic carbocycles. The summed E-state index contributed by atoms with van der Waals surface area (Å²) < 4.78 is 11.5. The Hall–Kier alpha value is -2.87. The van der Waals surface area contributed by atoms with E-state index in [4.69, 9.17) is 9.47 Å². The van der Waals surface area contributed by atoms with Crippen molar-refractivity contribution in [1.29, 1.82) is 0 Å². The van der Waals surface area contributed by atoms with E-state index in [1.54, 1.807) is 44.4 Å². The molecule has 2 aromatic carbocycles. The highest BCUT2D eigenvalue weighted by Gasteiger charge is 2.07. The number of halogens is 1. The lowest BCUT2D eigenvalue weighted by atomic mass is 10.2. The number of carbonyl (C=O) groups excluding carboxylic acids is 2. The maximum atomic E-state index is 12.0. The van der Waals surface area contributed by atoms with E-state index in [1.807, 2.05) is 19.1 Å². The predicted molar refractivity (Wildman–Crippen MR) is 112 cm³/mol. The molecule has 0 aliphatic rings. The Bertz CT molecular complexity index is 866. The molecule has 0 aromatic heterocycles. The molecule has 0 aliphatic heterocycles. The van der Waals surface area contributed by atoms with Crippen LogP contribution in [0.2, 0.25) is 0 Å². The number of benzene rings is 2. The third-order valence-electron chi connectivity index (χ3n) is 3.66. The van der Waals surface area contributed by atoms with Crippen molar-refractivity contribution >= 4 is 39.1 Å². The zero-order valence-corrected chi connectivity index (χ0v) is 17.5. The lowest BCUT2D eigenvalue weighted by molar-refractivity contribution is -0.123. The van der Waals surface area contributed by atoms with Crippen LogP contribution >= 0.6 is 15.9 Å². The molecule has 2 aromatic rings. The molecule has 28 heavy (non-hydrogen) atoms. The zero-order chi connectivity index (χ0) is 20.5. The molecule has 8 heteroatoms. The van der Waals surface area contributed by atoms with E-state index in [2.05, 4.69) is 31.8 Å². The number of methoxy groups -OCH3 is 1. The van der Waals surface area contributed by atoms with Crippen LogP contribution in [0.5, 0.6) is 11.5 Å². The van der Waals surface area contributed by atoms with Crippen LogP contribution in [0.1, 0.15) is 18.9 Å². The van der Waals surface area contributed by atoms with Gasteiger partial charge in [0.25, 0.3) is 5.91 Å². The molecule has 148 valence electrons. The lowest BCUT2D eigenvalue weighted by Gasteiger charge is -2.09. The van der Waals surface area contributed by atoms with Gasteiger partial charge in [0.2, 0.25) is 5.91 Å². The van der Waals surface area contributed by atoms with Crippen molar-refractivity contribution in [2.75, 3.05) is 19.0 Å². The second kappa shape index (κ2) is 10.5. The minimum atomic E-state index is -0.405. The number of hydrazone groups is 1. The molecule has 0 fully saturated rings. The molecule has 0 saturated carbocycles. The molecule has 0 unspecified atom stereocenters. The maximum absolute atomic E-state index is 12.0. The van der Waals surface area contributed by atoms with Crippen LogP contribution in [-0.4, -0.2) is 31.2 Å². The van der Waals surface area contributed by atoms with Crippen LogP contribution in [0, 0.1) is 6.92 Å². The summed E-state index contributed by atoms with van der Waals surface area (Å²) in [5.74, 6) is 0.691. The van der Waals surface area contributed by atoms with E-state index in [-0.39, 0.29) is 18.9 Å². The van der Waals surface area contributed by atoms with E-state index < -0.39 is 5.91 Å². The Morgan fingerprint density at radius 1 is 1.11 bits per heavy atom. The highest BCUT2D eigenvalue weighted by molar-refractivity contribution is 9.10. The highest BCUT2D eigenvalue weighted by Crippen LogP contribution is 2.22. The molecule has 2 amide bonds. The van der Waals surface area contributed by atoms with E-state index in [0.29, 0.717) is 22.9 Å². The fourth-order valence-corrected chi connectivity index (χ4v) is 2.74. The second-order valence-corrected chi connectivity index (χ2v) is 6.95. The van der Waals surface area contributed by atoms with Crippen LogP contribution in [-0.2, 0) is 9.59 Å². The van der Waals surface area contributed by atoms with Gasteiger partial charge in [0.15, 0.2) is 6.61 Å². The molecule has 0 atom stereocenters. The van der Waals surface area contributed by atoms with Gasteiger partial charge in [0, 0.05) is 15.9 Å².